The quantitative estimate of drug-likeness (QED) is 0.789. The zero-order valence-electron chi connectivity index (χ0n) is 9.33. The molecule has 0 spiro atoms. The van der Waals surface area contributed by atoms with Crippen LogP contribution in [0.1, 0.15) is 25.0 Å². The van der Waals surface area contributed by atoms with Gasteiger partial charge in [0, 0.05) is 19.3 Å². The first-order valence-electron chi connectivity index (χ1n) is 5.51. The van der Waals surface area contributed by atoms with E-state index in [1.807, 2.05) is 6.07 Å². The molecule has 0 bridgehead atoms. The Morgan fingerprint density at radius 1 is 1.24 bits per heavy atom. The van der Waals surface area contributed by atoms with Gasteiger partial charge in [-0.3, -0.25) is 0 Å². The third kappa shape index (κ3) is 2.46. The van der Waals surface area contributed by atoms with Gasteiger partial charge in [-0.15, -0.1) is 0 Å². The molecule has 0 saturated carbocycles. The molecule has 0 N–H and O–H groups in total. The molecular weight excluding hydrogens is 238 g/mol. The Hall–Kier alpha value is -1.45. The van der Waals surface area contributed by atoms with Gasteiger partial charge in [-0.05, 0) is 25.0 Å². The van der Waals surface area contributed by atoms with Crippen LogP contribution in [0.5, 0.6) is 0 Å². The highest BCUT2D eigenvalue weighted by molar-refractivity contribution is 7.89. The molecule has 0 aliphatic carbocycles. The zero-order valence-corrected chi connectivity index (χ0v) is 10.2. The van der Waals surface area contributed by atoms with E-state index in [1.54, 1.807) is 0 Å². The fraction of sp³-hybridized carbons (Fsp3) is 0.455. The first kappa shape index (κ1) is 12.0. The lowest BCUT2D eigenvalue weighted by molar-refractivity contribution is 0.346. The summed E-state index contributed by atoms with van der Waals surface area (Å²) in [6.07, 6.45) is 4.14. The Kier molecular flexibility index (Phi) is 3.41. The molecule has 5 nitrogen and oxygen atoms in total. The van der Waals surface area contributed by atoms with Crippen LogP contribution in [0.4, 0.5) is 0 Å². The van der Waals surface area contributed by atoms with Gasteiger partial charge in [0.2, 0.25) is 10.0 Å². The van der Waals surface area contributed by atoms with Crippen LogP contribution < -0.4 is 0 Å². The molecule has 2 rings (SSSR count). The molecule has 0 atom stereocenters. The smallest absolute Gasteiger partial charge is 0.244 e. The molecule has 90 valence electrons. The Morgan fingerprint density at radius 3 is 2.47 bits per heavy atom. The number of sulfonamides is 1. The van der Waals surface area contributed by atoms with Gasteiger partial charge in [0.15, 0.2) is 0 Å². The van der Waals surface area contributed by atoms with Gasteiger partial charge in [-0.1, -0.05) is 6.42 Å². The van der Waals surface area contributed by atoms with Crippen molar-refractivity contribution in [1.29, 1.82) is 5.26 Å². The van der Waals surface area contributed by atoms with E-state index in [9.17, 15) is 8.42 Å². The molecular formula is C11H13N3O2S. The van der Waals surface area contributed by atoms with E-state index in [4.69, 9.17) is 5.26 Å². The van der Waals surface area contributed by atoms with Crippen molar-refractivity contribution in [1.82, 2.24) is 9.29 Å². The van der Waals surface area contributed by atoms with Gasteiger partial charge < -0.3 is 0 Å². The maximum absolute atomic E-state index is 12.2. The van der Waals surface area contributed by atoms with Crippen molar-refractivity contribution in [2.24, 2.45) is 0 Å². The molecule has 1 aromatic rings. The van der Waals surface area contributed by atoms with E-state index in [1.165, 1.54) is 22.6 Å². The van der Waals surface area contributed by atoms with E-state index in [0.717, 1.165) is 19.3 Å². The van der Waals surface area contributed by atoms with Gasteiger partial charge in [-0.2, -0.15) is 9.57 Å². The molecule has 0 aromatic carbocycles. The molecule has 0 unspecified atom stereocenters. The summed E-state index contributed by atoms with van der Waals surface area (Å²) in [6, 6.07) is 4.73. The lowest BCUT2D eigenvalue weighted by atomic mass is 10.2. The minimum Gasteiger partial charge on any atom is -0.244 e. The van der Waals surface area contributed by atoms with Crippen LogP contribution in [-0.2, 0) is 10.0 Å². The summed E-state index contributed by atoms with van der Waals surface area (Å²) in [4.78, 5) is 3.96. The molecule has 0 amide bonds. The summed E-state index contributed by atoms with van der Waals surface area (Å²) in [6.45, 7) is 1.14. The van der Waals surface area contributed by atoms with E-state index < -0.39 is 10.0 Å². The lowest BCUT2D eigenvalue weighted by Crippen LogP contribution is -2.35. The van der Waals surface area contributed by atoms with E-state index in [0.29, 0.717) is 13.1 Å². The van der Waals surface area contributed by atoms with Crippen LogP contribution in [0.25, 0.3) is 0 Å². The summed E-state index contributed by atoms with van der Waals surface area (Å²) in [5.41, 5.74) is 0.225. The minimum absolute atomic E-state index is 0.165. The Bertz CT molecular complexity index is 525. The number of piperidine rings is 1. The van der Waals surface area contributed by atoms with Crippen LogP contribution in [0, 0.1) is 11.3 Å². The van der Waals surface area contributed by atoms with Crippen molar-refractivity contribution >= 4 is 10.0 Å². The third-order valence-electron chi connectivity index (χ3n) is 2.80. The number of rotatable bonds is 2. The zero-order chi connectivity index (χ0) is 12.3. The van der Waals surface area contributed by atoms with Crippen LogP contribution in [0.15, 0.2) is 23.2 Å². The standard InChI is InChI=1S/C11H13N3O2S/c12-8-10-4-5-11(9-13-10)17(15,16)14-6-2-1-3-7-14/h4-5,9H,1-3,6-7H2. The van der Waals surface area contributed by atoms with Gasteiger partial charge in [0.05, 0.1) is 0 Å². The monoisotopic (exact) mass is 251 g/mol. The van der Waals surface area contributed by atoms with Gasteiger partial charge in [0.25, 0.3) is 0 Å². The van der Waals surface area contributed by atoms with Gasteiger partial charge in [0.1, 0.15) is 16.7 Å². The predicted molar refractivity (Wildman–Crippen MR) is 61.6 cm³/mol. The predicted octanol–water partition coefficient (Wildman–Crippen LogP) is 1.13. The van der Waals surface area contributed by atoms with Gasteiger partial charge in [-0.25, -0.2) is 13.4 Å². The van der Waals surface area contributed by atoms with Crippen molar-refractivity contribution in [2.75, 3.05) is 13.1 Å². The van der Waals surface area contributed by atoms with Crippen LogP contribution in [-0.4, -0.2) is 30.8 Å². The summed E-state index contributed by atoms with van der Waals surface area (Å²) < 4.78 is 25.9. The first-order chi connectivity index (χ1) is 8.14. The molecule has 1 saturated heterocycles. The number of pyridine rings is 1. The number of hydrogen-bond acceptors (Lipinski definition) is 4. The number of aromatic nitrogens is 1. The average molecular weight is 251 g/mol. The van der Waals surface area contributed by atoms with E-state index in [-0.39, 0.29) is 10.6 Å². The average Bonchev–Trinajstić information content (AvgIpc) is 2.40. The topological polar surface area (TPSA) is 74.1 Å². The van der Waals surface area contributed by atoms with Crippen molar-refractivity contribution in [2.45, 2.75) is 24.2 Å². The molecule has 6 heteroatoms. The molecule has 17 heavy (non-hydrogen) atoms. The summed E-state index contributed by atoms with van der Waals surface area (Å²) in [5.74, 6) is 0. The number of nitrogens with zero attached hydrogens (tertiary/aromatic N) is 3. The van der Waals surface area contributed by atoms with E-state index >= 15 is 0 Å². The third-order valence-corrected chi connectivity index (χ3v) is 4.69. The minimum atomic E-state index is -3.43. The second kappa shape index (κ2) is 4.82. The Balaban J connectivity index is 2.27. The highest BCUT2D eigenvalue weighted by Crippen LogP contribution is 2.19. The summed E-state index contributed by atoms with van der Waals surface area (Å²) >= 11 is 0. The lowest BCUT2D eigenvalue weighted by Gasteiger charge is -2.25. The molecule has 1 aliphatic heterocycles. The van der Waals surface area contributed by atoms with Crippen LogP contribution >= 0.6 is 0 Å². The number of hydrogen-bond donors (Lipinski definition) is 0. The second-order valence-electron chi connectivity index (χ2n) is 3.96. The van der Waals surface area contributed by atoms with Crippen molar-refractivity contribution in [3.05, 3.63) is 24.0 Å². The maximum Gasteiger partial charge on any atom is 0.244 e. The fourth-order valence-corrected chi connectivity index (χ4v) is 3.32. The SMILES string of the molecule is N#Cc1ccc(S(=O)(=O)N2CCCCC2)cn1. The molecule has 1 aliphatic rings. The van der Waals surface area contributed by atoms with E-state index in [2.05, 4.69) is 4.98 Å². The maximum atomic E-state index is 12.2. The second-order valence-corrected chi connectivity index (χ2v) is 5.89. The highest BCUT2D eigenvalue weighted by atomic mass is 32.2. The molecule has 1 aromatic heterocycles. The normalized spacial score (nSPS) is 17.6. The largest absolute Gasteiger partial charge is 0.244 e. The van der Waals surface area contributed by atoms with Crippen LogP contribution in [0.2, 0.25) is 0 Å². The van der Waals surface area contributed by atoms with Crippen molar-refractivity contribution in [3.63, 3.8) is 0 Å². The molecule has 2 heterocycles. The van der Waals surface area contributed by atoms with Crippen molar-refractivity contribution in [3.8, 4) is 6.07 Å². The summed E-state index contributed by atoms with van der Waals surface area (Å²) in [5, 5.41) is 8.61. The van der Waals surface area contributed by atoms with Crippen LogP contribution in [0.3, 0.4) is 0 Å². The highest BCUT2D eigenvalue weighted by Gasteiger charge is 2.25. The number of nitriles is 1. The first-order valence-corrected chi connectivity index (χ1v) is 6.95. The summed E-state index contributed by atoms with van der Waals surface area (Å²) in [7, 11) is -3.43. The Morgan fingerprint density at radius 2 is 1.94 bits per heavy atom. The Labute approximate surface area is 101 Å². The van der Waals surface area contributed by atoms with Gasteiger partial charge >= 0.3 is 0 Å². The molecule has 0 radical (unpaired) electrons. The van der Waals surface area contributed by atoms with Crippen molar-refractivity contribution < 1.29 is 8.42 Å². The fourth-order valence-electron chi connectivity index (χ4n) is 1.85. The molecule has 1 fully saturated rings.